The van der Waals surface area contributed by atoms with Crippen molar-refractivity contribution in [3.63, 3.8) is 0 Å². The molecule has 0 aliphatic carbocycles. The molecule has 0 unspecified atom stereocenters. The number of aromatic nitrogens is 3. The minimum absolute atomic E-state index is 0.0783. The standard InChI is InChI=1S/C23H28N4O2S/c1-15(2)26-22(30)25-21(24-14-18-8-6-17(5)7-9-18)27(23(26)28)19-10-12-20(13-11-19)29-16(3)4/h6-13,15-16H,14H2,1-5H3,(H,24,25,30). The molecule has 0 aliphatic heterocycles. The summed E-state index contributed by atoms with van der Waals surface area (Å²) in [5, 5.41) is 3.28. The van der Waals surface area contributed by atoms with E-state index in [0.717, 1.165) is 11.3 Å². The fraction of sp³-hybridized carbons (Fsp3) is 0.348. The first-order chi connectivity index (χ1) is 14.3. The lowest BCUT2D eigenvalue weighted by Gasteiger charge is -2.18. The minimum atomic E-state index is -0.228. The molecule has 0 aliphatic rings. The second kappa shape index (κ2) is 9.26. The van der Waals surface area contributed by atoms with E-state index in [4.69, 9.17) is 17.0 Å². The first kappa shape index (κ1) is 21.8. The fourth-order valence-electron chi connectivity index (χ4n) is 3.10. The van der Waals surface area contributed by atoms with Crippen LogP contribution in [0.2, 0.25) is 0 Å². The number of ether oxygens (including phenoxy) is 1. The molecule has 0 bridgehead atoms. The molecule has 0 atom stereocenters. The summed E-state index contributed by atoms with van der Waals surface area (Å²) in [6, 6.07) is 15.5. The van der Waals surface area contributed by atoms with Gasteiger partial charge in [0.2, 0.25) is 10.7 Å². The van der Waals surface area contributed by atoms with Gasteiger partial charge in [-0.3, -0.25) is 4.57 Å². The zero-order chi connectivity index (χ0) is 21.8. The van der Waals surface area contributed by atoms with Crippen molar-refractivity contribution >= 4 is 18.2 Å². The minimum Gasteiger partial charge on any atom is -0.491 e. The van der Waals surface area contributed by atoms with E-state index in [0.29, 0.717) is 18.2 Å². The van der Waals surface area contributed by atoms with Crippen LogP contribution in [0.1, 0.15) is 44.9 Å². The van der Waals surface area contributed by atoms with Crippen molar-refractivity contribution in [2.24, 2.45) is 0 Å². The molecule has 6 nitrogen and oxygen atoms in total. The Morgan fingerprint density at radius 3 is 2.23 bits per heavy atom. The molecule has 3 rings (SSSR count). The highest BCUT2D eigenvalue weighted by Crippen LogP contribution is 2.19. The van der Waals surface area contributed by atoms with Crippen LogP contribution in [-0.2, 0) is 6.54 Å². The van der Waals surface area contributed by atoms with Crippen molar-refractivity contribution in [2.75, 3.05) is 5.32 Å². The lowest BCUT2D eigenvalue weighted by molar-refractivity contribution is 0.242. The Labute approximate surface area is 182 Å². The van der Waals surface area contributed by atoms with Gasteiger partial charge in [0, 0.05) is 12.6 Å². The number of hydrogen-bond acceptors (Lipinski definition) is 5. The third-order valence-corrected chi connectivity index (χ3v) is 4.86. The van der Waals surface area contributed by atoms with Crippen molar-refractivity contribution in [1.29, 1.82) is 0 Å². The van der Waals surface area contributed by atoms with Gasteiger partial charge in [-0.15, -0.1) is 0 Å². The first-order valence-corrected chi connectivity index (χ1v) is 10.5. The molecule has 0 amide bonds. The van der Waals surface area contributed by atoms with Crippen LogP contribution >= 0.6 is 12.2 Å². The van der Waals surface area contributed by atoms with Gasteiger partial charge >= 0.3 is 5.69 Å². The van der Waals surface area contributed by atoms with E-state index in [1.807, 2.05) is 52.0 Å². The molecule has 3 aromatic rings. The number of hydrogen-bond donors (Lipinski definition) is 1. The molecule has 1 heterocycles. The highest BCUT2D eigenvalue weighted by atomic mass is 32.1. The van der Waals surface area contributed by atoms with Crippen LogP contribution in [0.3, 0.4) is 0 Å². The Balaban J connectivity index is 2.04. The summed E-state index contributed by atoms with van der Waals surface area (Å²) in [5.41, 5.74) is 2.75. The predicted octanol–water partition coefficient (Wildman–Crippen LogP) is 5.05. The van der Waals surface area contributed by atoms with Crippen LogP contribution in [0, 0.1) is 11.7 Å². The maximum Gasteiger partial charge on any atom is 0.338 e. The largest absolute Gasteiger partial charge is 0.491 e. The smallest absolute Gasteiger partial charge is 0.338 e. The van der Waals surface area contributed by atoms with Gasteiger partial charge in [0.15, 0.2) is 0 Å². The average Bonchev–Trinajstić information content (AvgIpc) is 2.67. The summed E-state index contributed by atoms with van der Waals surface area (Å²) in [4.78, 5) is 17.9. The van der Waals surface area contributed by atoms with Crippen molar-refractivity contribution in [3.05, 3.63) is 74.9 Å². The van der Waals surface area contributed by atoms with Crippen LogP contribution in [0.15, 0.2) is 53.3 Å². The maximum absolute atomic E-state index is 13.3. The molecule has 0 radical (unpaired) electrons. The van der Waals surface area contributed by atoms with Gasteiger partial charge in [0.1, 0.15) is 5.75 Å². The van der Waals surface area contributed by atoms with E-state index in [1.165, 1.54) is 10.1 Å². The van der Waals surface area contributed by atoms with Gasteiger partial charge in [0.05, 0.1) is 11.8 Å². The van der Waals surface area contributed by atoms with Gasteiger partial charge in [-0.2, -0.15) is 4.98 Å². The van der Waals surface area contributed by atoms with Crippen LogP contribution in [0.25, 0.3) is 5.69 Å². The Bertz CT molecular complexity index is 1110. The van der Waals surface area contributed by atoms with E-state index in [2.05, 4.69) is 41.5 Å². The molecular weight excluding hydrogens is 396 g/mol. The molecule has 30 heavy (non-hydrogen) atoms. The summed E-state index contributed by atoms with van der Waals surface area (Å²) in [6.07, 6.45) is 0.0783. The summed E-state index contributed by atoms with van der Waals surface area (Å²) in [6.45, 7) is 10.4. The summed E-state index contributed by atoms with van der Waals surface area (Å²) < 4.78 is 9.06. The Hall–Kier alpha value is -2.93. The number of rotatable bonds is 7. The quantitative estimate of drug-likeness (QED) is 0.538. The van der Waals surface area contributed by atoms with Crippen molar-refractivity contribution in [2.45, 2.75) is 53.3 Å². The molecule has 0 saturated carbocycles. The predicted molar refractivity (Wildman–Crippen MR) is 123 cm³/mol. The second-order valence-electron chi connectivity index (χ2n) is 7.80. The highest BCUT2D eigenvalue weighted by Gasteiger charge is 2.15. The molecule has 0 spiro atoms. The molecule has 2 aromatic carbocycles. The van der Waals surface area contributed by atoms with E-state index in [1.54, 1.807) is 4.57 Å². The molecule has 0 saturated heterocycles. The third kappa shape index (κ3) is 4.97. The molecule has 1 N–H and O–H groups in total. The van der Waals surface area contributed by atoms with Crippen molar-refractivity contribution < 1.29 is 4.74 Å². The van der Waals surface area contributed by atoms with Crippen LogP contribution in [0.5, 0.6) is 5.75 Å². The van der Waals surface area contributed by atoms with Crippen molar-refractivity contribution in [3.8, 4) is 11.4 Å². The molecule has 1 aromatic heterocycles. The van der Waals surface area contributed by atoms with E-state index in [-0.39, 0.29) is 22.6 Å². The first-order valence-electron chi connectivity index (χ1n) is 10.1. The second-order valence-corrected chi connectivity index (χ2v) is 8.16. The molecular formula is C23H28N4O2S. The summed E-state index contributed by atoms with van der Waals surface area (Å²) in [7, 11) is 0. The third-order valence-electron chi connectivity index (χ3n) is 4.57. The Morgan fingerprint density at radius 2 is 1.67 bits per heavy atom. The van der Waals surface area contributed by atoms with Gasteiger partial charge in [-0.25, -0.2) is 9.36 Å². The van der Waals surface area contributed by atoms with E-state index < -0.39 is 0 Å². The molecule has 0 fully saturated rings. The number of aryl methyl sites for hydroxylation is 1. The van der Waals surface area contributed by atoms with Crippen LogP contribution in [-0.4, -0.2) is 20.2 Å². The monoisotopic (exact) mass is 424 g/mol. The fourth-order valence-corrected chi connectivity index (χ4v) is 3.48. The topological polar surface area (TPSA) is 61.1 Å². The average molecular weight is 425 g/mol. The van der Waals surface area contributed by atoms with Gasteiger partial charge in [-0.05, 0) is 76.7 Å². The summed E-state index contributed by atoms with van der Waals surface area (Å²) in [5.74, 6) is 1.17. The Morgan fingerprint density at radius 1 is 1.03 bits per heavy atom. The zero-order valence-electron chi connectivity index (χ0n) is 18.0. The Kier molecular flexibility index (Phi) is 6.72. The maximum atomic E-state index is 13.3. The normalized spacial score (nSPS) is 11.2. The van der Waals surface area contributed by atoms with E-state index in [9.17, 15) is 4.79 Å². The number of benzene rings is 2. The lowest BCUT2D eigenvalue weighted by Crippen LogP contribution is -2.34. The van der Waals surface area contributed by atoms with Crippen molar-refractivity contribution in [1.82, 2.24) is 14.1 Å². The molecule has 158 valence electrons. The van der Waals surface area contributed by atoms with Crippen LogP contribution in [0.4, 0.5) is 5.95 Å². The van der Waals surface area contributed by atoms with Crippen LogP contribution < -0.4 is 15.7 Å². The number of nitrogens with zero attached hydrogens (tertiary/aromatic N) is 3. The zero-order valence-corrected chi connectivity index (χ0v) is 18.9. The number of nitrogens with one attached hydrogen (secondary N) is 1. The number of anilines is 1. The van der Waals surface area contributed by atoms with E-state index >= 15 is 0 Å². The van der Waals surface area contributed by atoms with Gasteiger partial charge in [-0.1, -0.05) is 29.8 Å². The van der Waals surface area contributed by atoms with Gasteiger partial charge in [0.25, 0.3) is 0 Å². The highest BCUT2D eigenvalue weighted by molar-refractivity contribution is 7.71. The molecule has 7 heteroatoms. The SMILES string of the molecule is Cc1ccc(CNc2nc(=S)n(C(C)C)c(=O)n2-c2ccc(OC(C)C)cc2)cc1. The summed E-state index contributed by atoms with van der Waals surface area (Å²) >= 11 is 5.41. The lowest BCUT2D eigenvalue weighted by atomic mass is 10.1. The van der Waals surface area contributed by atoms with Gasteiger partial charge < -0.3 is 10.1 Å².